The fourth-order valence-corrected chi connectivity index (χ4v) is 2.34. The smallest absolute Gasteiger partial charge is 0.345 e. The molecule has 0 unspecified atom stereocenters. The van der Waals surface area contributed by atoms with Crippen molar-refractivity contribution in [3.8, 4) is 0 Å². The zero-order valence-electron chi connectivity index (χ0n) is 13.4. The molecule has 1 aromatic carbocycles. The maximum absolute atomic E-state index is 12.1. The summed E-state index contributed by atoms with van der Waals surface area (Å²) in [6.45, 7) is 7.47. The minimum absolute atomic E-state index is 0.279. The van der Waals surface area contributed by atoms with E-state index in [2.05, 4.69) is 29.3 Å². The predicted molar refractivity (Wildman–Crippen MR) is 91.0 cm³/mol. The molecular formula is C16H20N4O3. The third kappa shape index (κ3) is 3.68. The summed E-state index contributed by atoms with van der Waals surface area (Å²) >= 11 is 0. The van der Waals surface area contributed by atoms with E-state index in [4.69, 9.17) is 10.2 Å². The van der Waals surface area contributed by atoms with Crippen molar-refractivity contribution >= 4 is 28.4 Å². The Morgan fingerprint density at radius 2 is 2.00 bits per heavy atom. The number of carbonyl (C=O) groups excluding carboxylic acids is 1. The number of nitrogens with two attached hydrogens (primary N) is 1. The van der Waals surface area contributed by atoms with Crippen LogP contribution in [0.15, 0.2) is 38.6 Å². The summed E-state index contributed by atoms with van der Waals surface area (Å²) in [5, 5.41) is 4.54. The summed E-state index contributed by atoms with van der Waals surface area (Å²) in [7, 11) is 0. The van der Waals surface area contributed by atoms with Gasteiger partial charge in [0.2, 0.25) is 0 Å². The van der Waals surface area contributed by atoms with Gasteiger partial charge in [0.1, 0.15) is 5.58 Å². The van der Waals surface area contributed by atoms with E-state index in [1.165, 1.54) is 0 Å². The largest absolute Gasteiger partial charge is 0.422 e. The molecule has 0 aliphatic rings. The lowest BCUT2D eigenvalue weighted by Gasteiger charge is -2.21. The Hall–Kier alpha value is -2.83. The summed E-state index contributed by atoms with van der Waals surface area (Å²) in [4.78, 5) is 25.0. The molecular weight excluding hydrogens is 296 g/mol. The van der Waals surface area contributed by atoms with E-state index in [1.54, 1.807) is 13.0 Å². The summed E-state index contributed by atoms with van der Waals surface area (Å²) in [6.07, 6.45) is 0. The second-order valence-electron chi connectivity index (χ2n) is 5.02. The van der Waals surface area contributed by atoms with E-state index in [-0.39, 0.29) is 5.56 Å². The van der Waals surface area contributed by atoms with Crippen molar-refractivity contribution in [3.05, 3.63) is 40.2 Å². The number of primary amides is 1. The standard InChI is InChI=1S/C16H20N4O3/c1-4-20(5-2)12-7-6-11-8-13(10(3)18-19-16(17)22)15(21)23-14(11)9-12/h6-9H,4-5H2,1-3H3,(H3,17,19,22). The first-order valence-electron chi connectivity index (χ1n) is 7.39. The first-order valence-corrected chi connectivity index (χ1v) is 7.39. The molecule has 0 fully saturated rings. The SMILES string of the molecule is CCN(CC)c1ccc2cc(C(C)=NNC(N)=O)c(=O)oc2c1. The maximum Gasteiger partial charge on any atom is 0.345 e. The van der Waals surface area contributed by atoms with Gasteiger partial charge in [-0.05, 0) is 39.0 Å². The molecule has 23 heavy (non-hydrogen) atoms. The van der Waals surface area contributed by atoms with Gasteiger partial charge < -0.3 is 15.1 Å². The van der Waals surface area contributed by atoms with E-state index in [0.29, 0.717) is 11.3 Å². The van der Waals surface area contributed by atoms with Crippen LogP contribution in [0.5, 0.6) is 0 Å². The molecule has 122 valence electrons. The highest BCUT2D eigenvalue weighted by molar-refractivity contribution is 6.01. The third-order valence-corrected chi connectivity index (χ3v) is 3.57. The molecule has 2 amide bonds. The zero-order valence-corrected chi connectivity index (χ0v) is 13.4. The van der Waals surface area contributed by atoms with Crippen LogP contribution in [0.25, 0.3) is 11.0 Å². The lowest BCUT2D eigenvalue weighted by molar-refractivity contribution is 0.249. The van der Waals surface area contributed by atoms with Gasteiger partial charge in [0.25, 0.3) is 0 Å². The highest BCUT2D eigenvalue weighted by Gasteiger charge is 2.10. The number of rotatable bonds is 5. The Kier molecular flexibility index (Phi) is 5.00. The lowest BCUT2D eigenvalue weighted by Crippen LogP contribution is -2.26. The highest BCUT2D eigenvalue weighted by Crippen LogP contribution is 2.22. The lowest BCUT2D eigenvalue weighted by atomic mass is 10.1. The Bertz CT molecular complexity index is 807. The van der Waals surface area contributed by atoms with Gasteiger partial charge in [-0.2, -0.15) is 5.10 Å². The van der Waals surface area contributed by atoms with Crippen LogP contribution in [0.4, 0.5) is 10.5 Å². The Morgan fingerprint density at radius 3 is 2.61 bits per heavy atom. The number of anilines is 1. The van der Waals surface area contributed by atoms with E-state index in [0.717, 1.165) is 24.2 Å². The molecule has 0 bridgehead atoms. The van der Waals surface area contributed by atoms with Gasteiger partial charge in [0.15, 0.2) is 0 Å². The first-order chi connectivity index (χ1) is 11.0. The topological polar surface area (TPSA) is 101 Å². The maximum atomic E-state index is 12.1. The van der Waals surface area contributed by atoms with Gasteiger partial charge in [-0.3, -0.25) is 0 Å². The van der Waals surface area contributed by atoms with Crippen molar-refractivity contribution in [2.24, 2.45) is 10.8 Å². The highest BCUT2D eigenvalue weighted by atomic mass is 16.4. The quantitative estimate of drug-likeness (QED) is 0.500. The van der Waals surface area contributed by atoms with Gasteiger partial charge >= 0.3 is 11.7 Å². The third-order valence-electron chi connectivity index (χ3n) is 3.57. The van der Waals surface area contributed by atoms with E-state index >= 15 is 0 Å². The fourth-order valence-electron chi connectivity index (χ4n) is 2.34. The number of hydrogen-bond acceptors (Lipinski definition) is 5. The normalized spacial score (nSPS) is 11.5. The molecule has 2 aromatic rings. The van der Waals surface area contributed by atoms with Crippen LogP contribution in [0, 0.1) is 0 Å². The molecule has 2 rings (SSSR count). The molecule has 0 atom stereocenters. The summed E-state index contributed by atoms with van der Waals surface area (Å²) in [6, 6.07) is 6.62. The van der Waals surface area contributed by atoms with Crippen LogP contribution in [0.1, 0.15) is 26.3 Å². The monoisotopic (exact) mass is 316 g/mol. The first kappa shape index (κ1) is 16.5. The number of carbonyl (C=O) groups is 1. The minimum atomic E-state index is -0.793. The molecule has 3 N–H and O–H groups in total. The van der Waals surface area contributed by atoms with Crippen molar-refractivity contribution in [1.82, 2.24) is 5.43 Å². The molecule has 1 heterocycles. The van der Waals surface area contributed by atoms with Crippen molar-refractivity contribution < 1.29 is 9.21 Å². The number of hydrogen-bond donors (Lipinski definition) is 2. The Balaban J connectivity index is 2.47. The molecule has 7 nitrogen and oxygen atoms in total. The molecule has 0 radical (unpaired) electrons. The van der Waals surface area contributed by atoms with Crippen molar-refractivity contribution in [2.45, 2.75) is 20.8 Å². The average molecular weight is 316 g/mol. The Morgan fingerprint density at radius 1 is 1.30 bits per heavy atom. The fraction of sp³-hybridized carbons (Fsp3) is 0.312. The number of fused-ring (bicyclic) bond motifs is 1. The van der Waals surface area contributed by atoms with Crippen LogP contribution < -0.4 is 21.7 Å². The molecule has 0 aliphatic carbocycles. The molecule has 0 saturated carbocycles. The van der Waals surface area contributed by atoms with E-state index in [9.17, 15) is 9.59 Å². The average Bonchev–Trinajstić information content (AvgIpc) is 2.53. The molecule has 1 aromatic heterocycles. The van der Waals surface area contributed by atoms with Crippen LogP contribution in [-0.2, 0) is 0 Å². The summed E-state index contributed by atoms with van der Waals surface area (Å²) in [5.41, 5.74) is 8.66. The number of benzene rings is 1. The van der Waals surface area contributed by atoms with Gasteiger partial charge in [-0.15, -0.1) is 0 Å². The second kappa shape index (κ2) is 6.95. The van der Waals surface area contributed by atoms with Gasteiger partial charge in [-0.1, -0.05) is 0 Å². The van der Waals surface area contributed by atoms with E-state index in [1.807, 2.05) is 18.2 Å². The molecule has 0 aliphatic heterocycles. The number of amides is 2. The number of nitrogens with one attached hydrogen (secondary N) is 1. The van der Waals surface area contributed by atoms with Crippen LogP contribution in [-0.4, -0.2) is 24.8 Å². The molecule has 0 spiro atoms. The van der Waals surface area contributed by atoms with Crippen molar-refractivity contribution in [1.29, 1.82) is 0 Å². The van der Waals surface area contributed by atoms with Crippen molar-refractivity contribution in [2.75, 3.05) is 18.0 Å². The minimum Gasteiger partial charge on any atom is -0.422 e. The van der Waals surface area contributed by atoms with Crippen LogP contribution in [0.3, 0.4) is 0 Å². The molecule has 0 saturated heterocycles. The van der Waals surface area contributed by atoms with Gasteiger partial charge in [0, 0.05) is 30.2 Å². The predicted octanol–water partition coefficient (Wildman–Crippen LogP) is 2.03. The summed E-state index contributed by atoms with van der Waals surface area (Å²) in [5.74, 6) is 0. The van der Waals surface area contributed by atoms with Gasteiger partial charge in [-0.25, -0.2) is 15.0 Å². The van der Waals surface area contributed by atoms with Crippen LogP contribution in [0.2, 0.25) is 0 Å². The number of nitrogens with zero attached hydrogens (tertiary/aromatic N) is 2. The van der Waals surface area contributed by atoms with Gasteiger partial charge in [0.05, 0.1) is 11.3 Å². The summed E-state index contributed by atoms with van der Waals surface area (Å²) < 4.78 is 5.39. The second-order valence-corrected chi connectivity index (χ2v) is 5.02. The Labute approximate surface area is 133 Å². The van der Waals surface area contributed by atoms with E-state index < -0.39 is 11.7 Å². The zero-order chi connectivity index (χ0) is 17.0. The number of hydrazone groups is 1. The van der Waals surface area contributed by atoms with Crippen molar-refractivity contribution in [3.63, 3.8) is 0 Å². The van der Waals surface area contributed by atoms with Crippen LogP contribution >= 0.6 is 0 Å². The number of urea groups is 1. The molecule has 7 heteroatoms.